The molecule has 0 spiro atoms. The number of rotatable bonds is 5. The molecule has 1 aromatic rings. The van der Waals surface area contributed by atoms with Crippen LogP contribution >= 0.6 is 0 Å². The number of carbonyl (C=O) groups is 1. The van der Waals surface area contributed by atoms with Crippen molar-refractivity contribution < 1.29 is 22.7 Å². The van der Waals surface area contributed by atoms with Crippen molar-refractivity contribution in [2.75, 3.05) is 33.9 Å². The average Bonchev–Trinajstić information content (AvgIpc) is 2.59. The highest BCUT2D eigenvalue weighted by Crippen LogP contribution is 2.22. The van der Waals surface area contributed by atoms with E-state index < -0.39 is 10.0 Å². The fourth-order valence-corrected chi connectivity index (χ4v) is 3.98. The standard InChI is InChI=1S/C16H24N2O5S/c1-12-10-14(4-5-15(12)22-2)24(20,21)17-11-13-6-8-18(9-7-13)16(19)23-3/h4-5,10,13,17H,6-9,11H2,1-3H3. The third-order valence-electron chi connectivity index (χ3n) is 4.29. The van der Waals surface area contributed by atoms with E-state index in [1.54, 1.807) is 31.1 Å². The maximum absolute atomic E-state index is 12.4. The maximum atomic E-state index is 12.4. The quantitative estimate of drug-likeness (QED) is 0.869. The third-order valence-corrected chi connectivity index (χ3v) is 5.71. The minimum atomic E-state index is -3.55. The van der Waals surface area contributed by atoms with Crippen molar-refractivity contribution in [2.24, 2.45) is 5.92 Å². The summed E-state index contributed by atoms with van der Waals surface area (Å²) in [6, 6.07) is 4.79. The summed E-state index contributed by atoms with van der Waals surface area (Å²) in [5.41, 5.74) is 0.770. The lowest BCUT2D eigenvalue weighted by Gasteiger charge is -2.30. The van der Waals surface area contributed by atoms with Crippen LogP contribution in [0.25, 0.3) is 0 Å². The van der Waals surface area contributed by atoms with Gasteiger partial charge in [-0.1, -0.05) is 0 Å². The normalized spacial score (nSPS) is 16.0. The highest BCUT2D eigenvalue weighted by Gasteiger charge is 2.25. The van der Waals surface area contributed by atoms with Crippen LogP contribution in [0.5, 0.6) is 5.75 Å². The topological polar surface area (TPSA) is 84.9 Å². The van der Waals surface area contributed by atoms with Crippen LogP contribution in [-0.4, -0.2) is 53.3 Å². The van der Waals surface area contributed by atoms with Gasteiger partial charge in [0.2, 0.25) is 10.0 Å². The molecule has 8 heteroatoms. The van der Waals surface area contributed by atoms with Crippen molar-refractivity contribution >= 4 is 16.1 Å². The zero-order valence-electron chi connectivity index (χ0n) is 14.2. The molecule has 1 N–H and O–H groups in total. The van der Waals surface area contributed by atoms with Crippen LogP contribution < -0.4 is 9.46 Å². The molecule has 1 aliphatic heterocycles. The lowest BCUT2D eigenvalue weighted by atomic mass is 9.97. The Labute approximate surface area is 143 Å². The number of piperidine rings is 1. The Morgan fingerprint density at radius 2 is 1.96 bits per heavy atom. The van der Waals surface area contributed by atoms with Crippen LogP contribution in [0.15, 0.2) is 23.1 Å². The lowest BCUT2D eigenvalue weighted by Crippen LogP contribution is -2.41. The van der Waals surface area contributed by atoms with E-state index in [0.29, 0.717) is 25.4 Å². The molecular formula is C16H24N2O5S. The molecule has 1 amide bonds. The zero-order chi connectivity index (χ0) is 17.7. The summed E-state index contributed by atoms with van der Waals surface area (Å²) in [7, 11) is -0.641. The summed E-state index contributed by atoms with van der Waals surface area (Å²) < 4.78 is 37.3. The smallest absolute Gasteiger partial charge is 0.409 e. The molecule has 7 nitrogen and oxygen atoms in total. The second-order valence-electron chi connectivity index (χ2n) is 5.88. The molecule has 0 aliphatic carbocycles. The second kappa shape index (κ2) is 7.85. The van der Waals surface area contributed by atoms with Gasteiger partial charge in [0, 0.05) is 19.6 Å². The van der Waals surface area contributed by atoms with Crippen molar-refractivity contribution in [3.63, 3.8) is 0 Å². The monoisotopic (exact) mass is 356 g/mol. The van der Waals surface area contributed by atoms with Crippen LogP contribution in [0.1, 0.15) is 18.4 Å². The highest BCUT2D eigenvalue weighted by atomic mass is 32.2. The summed E-state index contributed by atoms with van der Waals surface area (Å²) in [6.45, 7) is 3.34. The van der Waals surface area contributed by atoms with E-state index in [9.17, 15) is 13.2 Å². The van der Waals surface area contributed by atoms with Gasteiger partial charge in [-0.25, -0.2) is 17.9 Å². The lowest BCUT2D eigenvalue weighted by molar-refractivity contribution is 0.106. The SMILES string of the molecule is COC(=O)N1CCC(CNS(=O)(=O)c2ccc(OC)c(C)c2)CC1. The van der Waals surface area contributed by atoms with Crippen molar-refractivity contribution in [2.45, 2.75) is 24.7 Å². The summed E-state index contributed by atoms with van der Waals surface area (Å²) in [6.07, 6.45) is 1.17. The van der Waals surface area contributed by atoms with E-state index in [1.165, 1.54) is 13.2 Å². The number of nitrogens with one attached hydrogen (secondary N) is 1. The minimum absolute atomic E-state index is 0.208. The molecule has 0 atom stereocenters. The molecule has 0 aromatic heterocycles. The summed E-state index contributed by atoms with van der Waals surface area (Å²) in [4.78, 5) is 13.3. The molecule has 134 valence electrons. The Balaban J connectivity index is 1.92. The fraction of sp³-hybridized carbons (Fsp3) is 0.562. The Morgan fingerprint density at radius 3 is 2.50 bits per heavy atom. The van der Waals surface area contributed by atoms with Crippen LogP contribution in [-0.2, 0) is 14.8 Å². The van der Waals surface area contributed by atoms with Gasteiger partial charge >= 0.3 is 6.09 Å². The molecule has 1 aromatic carbocycles. The first-order valence-corrected chi connectivity index (χ1v) is 9.33. The van der Waals surface area contributed by atoms with Crippen LogP contribution in [0.3, 0.4) is 0 Å². The number of nitrogens with zero attached hydrogens (tertiary/aromatic N) is 1. The summed E-state index contributed by atoms with van der Waals surface area (Å²) in [5, 5.41) is 0. The van der Waals surface area contributed by atoms with Gasteiger partial charge in [-0.3, -0.25) is 0 Å². The zero-order valence-corrected chi connectivity index (χ0v) is 15.1. The van der Waals surface area contributed by atoms with Gasteiger partial charge in [-0.15, -0.1) is 0 Å². The van der Waals surface area contributed by atoms with Gasteiger partial charge in [0.15, 0.2) is 0 Å². The van der Waals surface area contributed by atoms with Crippen LogP contribution in [0.4, 0.5) is 4.79 Å². The number of amides is 1. The summed E-state index contributed by atoms with van der Waals surface area (Å²) in [5.74, 6) is 0.865. The molecule has 0 saturated carbocycles. The van der Waals surface area contributed by atoms with E-state index in [1.807, 2.05) is 0 Å². The predicted octanol–water partition coefficient (Wildman–Crippen LogP) is 1.76. The van der Waals surface area contributed by atoms with E-state index >= 15 is 0 Å². The Kier molecular flexibility index (Phi) is 6.06. The van der Waals surface area contributed by atoms with Gasteiger partial charge in [0.1, 0.15) is 5.75 Å². The van der Waals surface area contributed by atoms with Gasteiger partial charge < -0.3 is 14.4 Å². The molecule has 0 bridgehead atoms. The van der Waals surface area contributed by atoms with Crippen molar-refractivity contribution in [1.82, 2.24) is 9.62 Å². The highest BCUT2D eigenvalue weighted by molar-refractivity contribution is 7.89. The Hall–Kier alpha value is -1.80. The number of hydrogen-bond acceptors (Lipinski definition) is 5. The van der Waals surface area contributed by atoms with E-state index in [4.69, 9.17) is 9.47 Å². The number of hydrogen-bond donors (Lipinski definition) is 1. The first kappa shape index (κ1) is 18.5. The number of ether oxygens (including phenoxy) is 2. The van der Waals surface area contributed by atoms with Crippen molar-refractivity contribution in [3.8, 4) is 5.75 Å². The average molecular weight is 356 g/mol. The molecule has 1 fully saturated rings. The number of likely N-dealkylation sites (tertiary alicyclic amines) is 1. The van der Waals surface area contributed by atoms with Crippen molar-refractivity contribution in [1.29, 1.82) is 0 Å². The molecular weight excluding hydrogens is 332 g/mol. The Bertz CT molecular complexity index is 682. The van der Waals surface area contributed by atoms with Crippen molar-refractivity contribution in [3.05, 3.63) is 23.8 Å². The number of sulfonamides is 1. The first-order valence-electron chi connectivity index (χ1n) is 7.84. The van der Waals surface area contributed by atoms with Gasteiger partial charge in [0.25, 0.3) is 0 Å². The second-order valence-corrected chi connectivity index (χ2v) is 7.65. The number of aryl methyl sites for hydroxylation is 1. The van der Waals surface area contributed by atoms with Gasteiger partial charge in [-0.05, 0) is 49.4 Å². The third kappa shape index (κ3) is 4.39. The van der Waals surface area contributed by atoms with E-state index in [0.717, 1.165) is 18.4 Å². The number of benzene rings is 1. The molecule has 0 radical (unpaired) electrons. The largest absolute Gasteiger partial charge is 0.496 e. The van der Waals surface area contributed by atoms with Gasteiger partial charge in [0.05, 0.1) is 19.1 Å². The molecule has 1 saturated heterocycles. The molecule has 2 rings (SSSR count). The minimum Gasteiger partial charge on any atom is -0.496 e. The van der Waals surface area contributed by atoms with E-state index in [-0.39, 0.29) is 16.9 Å². The molecule has 1 aliphatic rings. The Morgan fingerprint density at radius 1 is 1.29 bits per heavy atom. The van der Waals surface area contributed by atoms with Gasteiger partial charge in [-0.2, -0.15) is 0 Å². The fourth-order valence-electron chi connectivity index (χ4n) is 2.78. The first-order chi connectivity index (χ1) is 11.4. The van der Waals surface area contributed by atoms with Crippen LogP contribution in [0, 0.1) is 12.8 Å². The molecule has 0 unspecified atom stereocenters. The molecule has 24 heavy (non-hydrogen) atoms. The van der Waals surface area contributed by atoms with Crippen LogP contribution in [0.2, 0.25) is 0 Å². The van der Waals surface area contributed by atoms with E-state index in [2.05, 4.69) is 4.72 Å². The maximum Gasteiger partial charge on any atom is 0.409 e. The predicted molar refractivity (Wildman–Crippen MR) is 89.6 cm³/mol. The number of carbonyl (C=O) groups excluding carboxylic acids is 1. The number of methoxy groups -OCH3 is 2. The molecule has 1 heterocycles. The summed E-state index contributed by atoms with van der Waals surface area (Å²) >= 11 is 0.